The van der Waals surface area contributed by atoms with Crippen molar-refractivity contribution in [3.05, 3.63) is 175 Å². The van der Waals surface area contributed by atoms with E-state index in [9.17, 15) is 9.59 Å². The van der Waals surface area contributed by atoms with Crippen LogP contribution in [-0.2, 0) is 9.53 Å². The van der Waals surface area contributed by atoms with Crippen LogP contribution in [0.5, 0.6) is 5.75 Å². The number of methoxy groups -OCH3 is 1. The average Bonchev–Trinajstić information content (AvgIpc) is 3.71. The van der Waals surface area contributed by atoms with Gasteiger partial charge in [0, 0.05) is 16.8 Å². The highest BCUT2D eigenvalue weighted by atomic mass is 32.1. The number of aromatic nitrogens is 2. The Hall–Kier alpha value is -6.25. The number of hydrogen-bond donors (Lipinski definition) is 0. The third kappa shape index (κ3) is 6.01. The second kappa shape index (κ2) is 14.1. The molecule has 7 nitrogen and oxygen atoms in total. The number of hydrogen-bond acceptors (Lipinski definition) is 6. The second-order valence-electron chi connectivity index (χ2n) is 12.9. The summed E-state index contributed by atoms with van der Waals surface area (Å²) in [6.07, 6.45) is 1.96. The van der Waals surface area contributed by atoms with Gasteiger partial charge in [0.15, 0.2) is 4.80 Å². The minimum atomic E-state index is -0.834. The predicted octanol–water partition coefficient (Wildman–Crippen LogP) is 8.39. The Balaban J connectivity index is 1.43. The molecule has 262 valence electrons. The molecule has 5 aromatic carbocycles. The van der Waals surface area contributed by atoms with E-state index in [0.717, 1.165) is 44.5 Å². The highest BCUT2D eigenvalue weighted by Crippen LogP contribution is 2.41. The molecule has 8 heteroatoms. The SMILES string of the molecule is CCOC(=O)C1=C(C)N=c2s/c(=C\c3cc(-c4ccccc4)n(-c4ccc(C)cc4)c3-c3ccccc3)c(=O)n2[C@@H]1c1c(OC)ccc2ccccc12. The molecule has 0 saturated carbocycles. The minimum Gasteiger partial charge on any atom is -0.496 e. The van der Waals surface area contributed by atoms with Crippen LogP contribution in [0.25, 0.3) is 45.1 Å². The van der Waals surface area contributed by atoms with Crippen molar-refractivity contribution in [2.45, 2.75) is 26.8 Å². The Morgan fingerprint density at radius 3 is 2.23 bits per heavy atom. The molecule has 7 aromatic rings. The van der Waals surface area contributed by atoms with Crippen LogP contribution < -0.4 is 19.6 Å². The van der Waals surface area contributed by atoms with Crippen molar-refractivity contribution in [3.63, 3.8) is 0 Å². The van der Waals surface area contributed by atoms with Gasteiger partial charge in [-0.25, -0.2) is 9.79 Å². The fourth-order valence-electron chi connectivity index (χ4n) is 7.26. The van der Waals surface area contributed by atoms with Crippen molar-refractivity contribution in [2.75, 3.05) is 13.7 Å². The monoisotopic (exact) mass is 715 g/mol. The molecule has 0 spiro atoms. The summed E-state index contributed by atoms with van der Waals surface area (Å²) < 4.78 is 15.9. The third-order valence-electron chi connectivity index (χ3n) is 9.67. The lowest BCUT2D eigenvalue weighted by molar-refractivity contribution is -0.139. The molecular weight excluding hydrogens is 679 g/mol. The molecule has 0 N–H and O–H groups in total. The Morgan fingerprint density at radius 2 is 1.53 bits per heavy atom. The summed E-state index contributed by atoms with van der Waals surface area (Å²) >= 11 is 1.31. The van der Waals surface area contributed by atoms with Crippen LogP contribution in [0.3, 0.4) is 0 Å². The first-order valence-electron chi connectivity index (χ1n) is 17.6. The summed E-state index contributed by atoms with van der Waals surface area (Å²) in [4.78, 5) is 34.1. The van der Waals surface area contributed by atoms with E-state index in [0.29, 0.717) is 31.9 Å². The van der Waals surface area contributed by atoms with Crippen LogP contribution in [0.2, 0.25) is 0 Å². The number of carbonyl (C=O) groups is 1. The van der Waals surface area contributed by atoms with E-state index in [1.54, 1.807) is 25.5 Å². The highest BCUT2D eigenvalue weighted by molar-refractivity contribution is 7.07. The van der Waals surface area contributed by atoms with Gasteiger partial charge in [0.2, 0.25) is 0 Å². The Kier molecular flexibility index (Phi) is 8.98. The van der Waals surface area contributed by atoms with Gasteiger partial charge in [-0.15, -0.1) is 0 Å². The summed E-state index contributed by atoms with van der Waals surface area (Å²) in [5.41, 5.74) is 8.30. The number of aryl methyl sites for hydroxylation is 1. The van der Waals surface area contributed by atoms with Crippen LogP contribution >= 0.6 is 11.3 Å². The quantitative estimate of drug-likeness (QED) is 0.148. The fourth-order valence-corrected chi connectivity index (χ4v) is 8.29. The molecule has 3 heterocycles. The maximum absolute atomic E-state index is 14.9. The van der Waals surface area contributed by atoms with Crippen molar-refractivity contribution in [2.24, 2.45) is 4.99 Å². The number of esters is 1. The molecule has 2 aromatic heterocycles. The first-order chi connectivity index (χ1) is 25.9. The van der Waals surface area contributed by atoms with Crippen molar-refractivity contribution in [1.29, 1.82) is 0 Å². The van der Waals surface area contributed by atoms with Crippen LogP contribution in [0.4, 0.5) is 0 Å². The summed E-state index contributed by atoms with van der Waals surface area (Å²) in [5, 5.41) is 1.83. The van der Waals surface area contributed by atoms with Crippen molar-refractivity contribution in [1.82, 2.24) is 9.13 Å². The smallest absolute Gasteiger partial charge is 0.338 e. The van der Waals surface area contributed by atoms with E-state index in [-0.39, 0.29) is 12.2 Å². The average molecular weight is 716 g/mol. The molecule has 0 amide bonds. The molecule has 1 aliphatic rings. The number of carbonyl (C=O) groups excluding carboxylic acids is 1. The molecule has 0 fully saturated rings. The van der Waals surface area contributed by atoms with Gasteiger partial charge in [-0.1, -0.05) is 120 Å². The molecular formula is C45H37N3O4S. The molecule has 0 bridgehead atoms. The number of nitrogens with zero attached hydrogens (tertiary/aromatic N) is 3. The van der Waals surface area contributed by atoms with Gasteiger partial charge in [0.1, 0.15) is 11.8 Å². The van der Waals surface area contributed by atoms with Gasteiger partial charge in [0.25, 0.3) is 5.56 Å². The Morgan fingerprint density at radius 1 is 0.849 bits per heavy atom. The normalized spacial score (nSPS) is 14.3. The zero-order valence-electron chi connectivity index (χ0n) is 29.9. The van der Waals surface area contributed by atoms with Gasteiger partial charge < -0.3 is 14.0 Å². The van der Waals surface area contributed by atoms with E-state index in [1.807, 2.05) is 78.9 Å². The maximum atomic E-state index is 14.9. The minimum absolute atomic E-state index is 0.184. The Bertz CT molecular complexity index is 2720. The van der Waals surface area contributed by atoms with Gasteiger partial charge in [-0.05, 0) is 73.0 Å². The van der Waals surface area contributed by atoms with E-state index < -0.39 is 12.0 Å². The van der Waals surface area contributed by atoms with Gasteiger partial charge in [-0.3, -0.25) is 9.36 Å². The van der Waals surface area contributed by atoms with Gasteiger partial charge in [0.05, 0.1) is 40.9 Å². The summed E-state index contributed by atoms with van der Waals surface area (Å²) in [7, 11) is 1.60. The second-order valence-corrected chi connectivity index (χ2v) is 14.0. The molecule has 0 unspecified atom stereocenters. The zero-order chi connectivity index (χ0) is 36.6. The van der Waals surface area contributed by atoms with Crippen LogP contribution in [-0.4, -0.2) is 28.8 Å². The van der Waals surface area contributed by atoms with Crippen molar-refractivity contribution < 1.29 is 14.3 Å². The lowest BCUT2D eigenvalue weighted by Crippen LogP contribution is -2.40. The zero-order valence-corrected chi connectivity index (χ0v) is 30.7. The molecule has 8 rings (SSSR count). The summed E-state index contributed by atoms with van der Waals surface area (Å²) in [6.45, 7) is 5.84. The van der Waals surface area contributed by atoms with E-state index in [2.05, 4.69) is 66.1 Å². The fraction of sp³-hybridized carbons (Fsp3) is 0.133. The van der Waals surface area contributed by atoms with Crippen LogP contribution in [0.1, 0.15) is 36.6 Å². The number of benzene rings is 5. The molecule has 53 heavy (non-hydrogen) atoms. The summed E-state index contributed by atoms with van der Waals surface area (Å²) in [6, 6.07) is 42.1. The molecule has 1 atom stereocenters. The van der Waals surface area contributed by atoms with Crippen molar-refractivity contribution >= 4 is 34.2 Å². The van der Waals surface area contributed by atoms with E-state index in [4.69, 9.17) is 14.5 Å². The van der Waals surface area contributed by atoms with Gasteiger partial charge in [-0.2, -0.15) is 0 Å². The molecule has 0 saturated heterocycles. The largest absolute Gasteiger partial charge is 0.496 e. The first-order valence-corrected chi connectivity index (χ1v) is 18.4. The molecule has 0 aliphatic carbocycles. The maximum Gasteiger partial charge on any atom is 0.338 e. The predicted molar refractivity (Wildman–Crippen MR) is 212 cm³/mol. The number of rotatable bonds is 8. The number of thiazole rings is 1. The Labute approximate surface area is 311 Å². The standard InChI is InChI=1S/C45H37N3O4S/c1-5-52-44(50)39-29(3)46-45-48(42(39)40-35-19-13-12-14-30(35)22-25-37(40)51-4)43(49)38(53-45)27-33-26-36(31-15-8-6-9-16-31)47(34-23-20-28(2)21-24-34)41(33)32-17-10-7-11-18-32/h6-27,42H,5H2,1-4H3/b38-27-/t42-/m0/s1. The first kappa shape index (κ1) is 33.9. The summed E-state index contributed by atoms with van der Waals surface area (Å²) in [5.74, 6) is 0.0471. The third-order valence-corrected chi connectivity index (χ3v) is 10.6. The van der Waals surface area contributed by atoms with E-state index >= 15 is 0 Å². The number of fused-ring (bicyclic) bond motifs is 2. The topological polar surface area (TPSA) is 74.8 Å². The van der Waals surface area contributed by atoms with Crippen LogP contribution in [0, 0.1) is 6.92 Å². The van der Waals surface area contributed by atoms with E-state index in [1.165, 1.54) is 16.9 Å². The van der Waals surface area contributed by atoms with Crippen molar-refractivity contribution in [3.8, 4) is 34.0 Å². The number of ether oxygens (including phenoxy) is 2. The van der Waals surface area contributed by atoms with Gasteiger partial charge >= 0.3 is 5.97 Å². The highest BCUT2D eigenvalue weighted by Gasteiger charge is 2.36. The number of allylic oxidation sites excluding steroid dienone is 1. The molecule has 1 aliphatic heterocycles. The molecule has 0 radical (unpaired) electrons. The lowest BCUT2D eigenvalue weighted by atomic mass is 9.90. The lowest BCUT2D eigenvalue weighted by Gasteiger charge is -2.27. The van der Waals surface area contributed by atoms with Crippen LogP contribution in [0.15, 0.2) is 148 Å².